The van der Waals surface area contributed by atoms with E-state index in [9.17, 15) is 0 Å². The molecule has 0 saturated carbocycles. The van der Waals surface area contributed by atoms with Crippen LogP contribution in [-0.4, -0.2) is 15.2 Å². The second-order valence-corrected chi connectivity index (χ2v) is 4.80. The zero-order valence-electron chi connectivity index (χ0n) is 9.75. The highest BCUT2D eigenvalue weighted by Gasteiger charge is 2.07. The third-order valence-electron chi connectivity index (χ3n) is 2.68. The molecule has 0 saturated heterocycles. The van der Waals surface area contributed by atoms with Crippen LogP contribution in [0, 0.1) is 0 Å². The van der Waals surface area contributed by atoms with Crippen molar-refractivity contribution in [2.75, 3.05) is 0 Å². The van der Waals surface area contributed by atoms with Crippen LogP contribution in [0.2, 0.25) is 10.0 Å². The summed E-state index contributed by atoms with van der Waals surface area (Å²) in [5.74, 6) is 0. The van der Waals surface area contributed by atoms with Gasteiger partial charge in [-0.3, -0.25) is 0 Å². The molecule has 0 fully saturated rings. The molecule has 3 rings (SSSR count). The monoisotopic (exact) mass is 293 g/mol. The Labute approximate surface area is 119 Å². The smallest absolute Gasteiger partial charge is 0.143 e. The molecule has 2 aromatic carbocycles. The summed E-state index contributed by atoms with van der Waals surface area (Å²) < 4.78 is 0. The summed E-state index contributed by atoms with van der Waals surface area (Å²) in [5.41, 5.74) is 2.33. The number of hydrogen-bond donors (Lipinski definition) is 0. The Hall–Kier alpha value is -1.78. The van der Waals surface area contributed by atoms with Crippen LogP contribution in [0.1, 0.15) is 5.56 Å². The number of rotatable bonds is 3. The first-order chi connectivity index (χ1) is 9.24. The van der Waals surface area contributed by atoms with E-state index in [4.69, 9.17) is 28.0 Å². The topological polar surface area (TPSA) is 39.9 Å². The molecule has 3 aromatic rings. The fourth-order valence-corrected chi connectivity index (χ4v) is 2.07. The summed E-state index contributed by atoms with van der Waals surface area (Å²) in [6.07, 6.45) is 0. The molecule has 4 nitrogen and oxygen atoms in total. The molecule has 0 radical (unpaired) electrons. The van der Waals surface area contributed by atoms with Crippen LogP contribution in [0.5, 0.6) is 0 Å². The van der Waals surface area contributed by atoms with Crippen LogP contribution >= 0.6 is 23.2 Å². The molecule has 0 aliphatic carbocycles. The van der Waals surface area contributed by atoms with Gasteiger partial charge in [0.15, 0.2) is 0 Å². The lowest BCUT2D eigenvalue weighted by Crippen LogP contribution is -2.13. The normalized spacial score (nSPS) is 10.8. The Morgan fingerprint density at radius 3 is 2.79 bits per heavy atom. The predicted octanol–water partition coefficient (Wildman–Crippen LogP) is 3.37. The van der Waals surface area contributed by atoms with Crippen molar-refractivity contribution in [2.45, 2.75) is 6.61 Å². The lowest BCUT2D eigenvalue weighted by Gasteiger charge is -2.06. The van der Waals surface area contributed by atoms with E-state index in [1.807, 2.05) is 24.3 Å². The summed E-state index contributed by atoms with van der Waals surface area (Å²) in [4.78, 5) is 6.93. The SMILES string of the molecule is Clc1ccc2nnn(OCc3ccccc3Cl)c2c1. The van der Waals surface area contributed by atoms with E-state index in [0.717, 1.165) is 16.6 Å². The number of fused-ring (bicyclic) bond motifs is 1. The lowest BCUT2D eigenvalue weighted by molar-refractivity contribution is 0.0752. The molecule has 0 amide bonds. The van der Waals surface area contributed by atoms with E-state index in [2.05, 4.69) is 10.3 Å². The molecular weight excluding hydrogens is 285 g/mol. The summed E-state index contributed by atoms with van der Waals surface area (Å²) >= 11 is 12.0. The van der Waals surface area contributed by atoms with Crippen molar-refractivity contribution in [1.82, 2.24) is 15.2 Å². The quantitative estimate of drug-likeness (QED) is 0.743. The van der Waals surface area contributed by atoms with Gasteiger partial charge in [0, 0.05) is 15.6 Å². The Balaban J connectivity index is 1.86. The van der Waals surface area contributed by atoms with Crippen molar-refractivity contribution >= 4 is 34.2 Å². The van der Waals surface area contributed by atoms with E-state index in [-0.39, 0.29) is 0 Å². The zero-order valence-corrected chi connectivity index (χ0v) is 11.3. The summed E-state index contributed by atoms with van der Waals surface area (Å²) in [6.45, 7) is 0.310. The van der Waals surface area contributed by atoms with Gasteiger partial charge in [-0.25, -0.2) is 0 Å². The number of hydrogen-bond acceptors (Lipinski definition) is 3. The van der Waals surface area contributed by atoms with Gasteiger partial charge < -0.3 is 4.84 Å². The largest absolute Gasteiger partial charge is 0.390 e. The highest BCUT2D eigenvalue weighted by Crippen LogP contribution is 2.18. The third kappa shape index (κ3) is 2.50. The fourth-order valence-electron chi connectivity index (χ4n) is 1.71. The first kappa shape index (κ1) is 12.3. The molecule has 6 heteroatoms. The van der Waals surface area contributed by atoms with Crippen LogP contribution in [0.25, 0.3) is 11.0 Å². The Morgan fingerprint density at radius 1 is 1.11 bits per heavy atom. The van der Waals surface area contributed by atoms with E-state index >= 15 is 0 Å². The van der Waals surface area contributed by atoms with Crippen LogP contribution in [0.4, 0.5) is 0 Å². The van der Waals surface area contributed by atoms with Crippen molar-refractivity contribution in [1.29, 1.82) is 0 Å². The summed E-state index contributed by atoms with van der Waals surface area (Å²) in [7, 11) is 0. The summed E-state index contributed by atoms with van der Waals surface area (Å²) in [6, 6.07) is 12.8. The molecule has 0 aliphatic heterocycles. The van der Waals surface area contributed by atoms with Crippen LogP contribution < -0.4 is 4.84 Å². The van der Waals surface area contributed by atoms with Crippen molar-refractivity contribution < 1.29 is 4.84 Å². The Kier molecular flexibility index (Phi) is 3.27. The van der Waals surface area contributed by atoms with Gasteiger partial charge in [0.1, 0.15) is 17.6 Å². The van der Waals surface area contributed by atoms with Crippen molar-refractivity contribution in [3.63, 3.8) is 0 Å². The van der Waals surface area contributed by atoms with E-state index in [0.29, 0.717) is 16.7 Å². The van der Waals surface area contributed by atoms with Crippen LogP contribution in [0.3, 0.4) is 0 Å². The highest BCUT2D eigenvalue weighted by molar-refractivity contribution is 6.31. The maximum absolute atomic E-state index is 6.06. The minimum absolute atomic E-state index is 0.310. The van der Waals surface area contributed by atoms with Gasteiger partial charge in [0.2, 0.25) is 0 Å². The fraction of sp³-hybridized carbons (Fsp3) is 0.0769. The zero-order chi connectivity index (χ0) is 13.2. The number of benzene rings is 2. The highest BCUT2D eigenvalue weighted by atomic mass is 35.5. The molecule has 1 aromatic heterocycles. The maximum Gasteiger partial charge on any atom is 0.143 e. The molecule has 19 heavy (non-hydrogen) atoms. The lowest BCUT2D eigenvalue weighted by atomic mass is 10.2. The average molecular weight is 294 g/mol. The summed E-state index contributed by atoms with van der Waals surface area (Å²) in [5, 5.41) is 9.18. The number of nitrogens with zero attached hydrogens (tertiary/aromatic N) is 3. The molecule has 0 aliphatic rings. The van der Waals surface area contributed by atoms with E-state index < -0.39 is 0 Å². The van der Waals surface area contributed by atoms with Crippen LogP contribution in [0.15, 0.2) is 42.5 Å². The molecule has 0 unspecified atom stereocenters. The molecule has 96 valence electrons. The van der Waals surface area contributed by atoms with Gasteiger partial charge in [-0.15, -0.1) is 5.10 Å². The second-order valence-electron chi connectivity index (χ2n) is 3.96. The molecule has 0 N–H and O–H groups in total. The maximum atomic E-state index is 6.06. The minimum atomic E-state index is 0.310. The molecule has 1 heterocycles. The van der Waals surface area contributed by atoms with Gasteiger partial charge in [-0.2, -0.15) is 0 Å². The first-order valence-electron chi connectivity index (χ1n) is 5.62. The second kappa shape index (κ2) is 5.07. The van der Waals surface area contributed by atoms with Gasteiger partial charge in [0.05, 0.1) is 0 Å². The molecule has 0 atom stereocenters. The molecular formula is C13H9Cl2N3O. The van der Waals surface area contributed by atoms with Gasteiger partial charge in [0.25, 0.3) is 0 Å². The van der Waals surface area contributed by atoms with Crippen molar-refractivity contribution in [3.05, 3.63) is 58.1 Å². The third-order valence-corrected chi connectivity index (χ3v) is 3.28. The minimum Gasteiger partial charge on any atom is -0.390 e. The predicted molar refractivity (Wildman–Crippen MR) is 74.3 cm³/mol. The Morgan fingerprint density at radius 2 is 1.95 bits per heavy atom. The number of halogens is 2. The van der Waals surface area contributed by atoms with Crippen molar-refractivity contribution in [3.8, 4) is 0 Å². The number of aromatic nitrogens is 3. The van der Waals surface area contributed by atoms with Crippen molar-refractivity contribution in [2.24, 2.45) is 0 Å². The van der Waals surface area contributed by atoms with E-state index in [1.54, 1.807) is 18.2 Å². The molecule has 0 spiro atoms. The average Bonchev–Trinajstić information content (AvgIpc) is 2.80. The van der Waals surface area contributed by atoms with E-state index in [1.165, 1.54) is 4.85 Å². The van der Waals surface area contributed by atoms with Gasteiger partial charge in [-0.05, 0) is 29.5 Å². The van der Waals surface area contributed by atoms with Gasteiger partial charge in [-0.1, -0.05) is 46.2 Å². The first-order valence-corrected chi connectivity index (χ1v) is 6.37. The Bertz CT molecular complexity index is 727. The van der Waals surface area contributed by atoms with Crippen LogP contribution in [-0.2, 0) is 6.61 Å². The van der Waals surface area contributed by atoms with Gasteiger partial charge >= 0.3 is 0 Å². The molecule has 0 bridgehead atoms. The standard InChI is InChI=1S/C13H9Cl2N3O/c14-10-5-6-12-13(7-10)18(17-16-12)19-8-9-3-1-2-4-11(9)15/h1-7H,8H2.